The minimum atomic E-state index is -3.83. The van der Waals surface area contributed by atoms with Crippen LogP contribution in [0.3, 0.4) is 0 Å². The Bertz CT molecular complexity index is 804. The van der Waals surface area contributed by atoms with Crippen LogP contribution < -0.4 is 0 Å². The zero-order valence-electron chi connectivity index (χ0n) is 15.3. The Labute approximate surface area is 162 Å². The number of aryl methyl sites for hydroxylation is 1. The fraction of sp³-hybridized carbons (Fsp3) is 0.316. The maximum atomic E-state index is 12.6. The van der Waals surface area contributed by atoms with Gasteiger partial charge in [-0.1, -0.05) is 35.9 Å². The van der Waals surface area contributed by atoms with Crippen LogP contribution in [0, 0.1) is 6.92 Å². The van der Waals surface area contributed by atoms with Crippen molar-refractivity contribution >= 4 is 28.3 Å². The quantitative estimate of drug-likeness (QED) is 0.408. The van der Waals surface area contributed by atoms with Gasteiger partial charge in [0.25, 0.3) is 10.0 Å². The summed E-state index contributed by atoms with van der Waals surface area (Å²) in [5.41, 5.74) is 1.63. The van der Waals surface area contributed by atoms with Gasteiger partial charge in [0.2, 0.25) is 5.90 Å². The van der Waals surface area contributed by atoms with E-state index in [1.54, 1.807) is 36.4 Å². The van der Waals surface area contributed by atoms with Gasteiger partial charge in [-0.3, -0.25) is 0 Å². The third kappa shape index (κ3) is 6.78. The zero-order chi connectivity index (χ0) is 18.3. The fourth-order valence-electron chi connectivity index (χ4n) is 2.16. The van der Waals surface area contributed by atoms with Crippen molar-refractivity contribution in [2.24, 2.45) is 4.40 Å². The highest BCUT2D eigenvalue weighted by molar-refractivity contribution is 7.90. The SMILES string of the molecule is Cc1ccc(S(=O)(=O)N=C(OCCCN(C)C)c2ccccc2)cc1.Cl. The van der Waals surface area contributed by atoms with Crippen LogP contribution in [0.4, 0.5) is 0 Å². The normalized spacial score (nSPS) is 11.9. The first-order valence-electron chi connectivity index (χ1n) is 8.13. The minimum absolute atomic E-state index is 0. The summed E-state index contributed by atoms with van der Waals surface area (Å²) < 4.78 is 34.8. The molecule has 0 saturated carbocycles. The topological polar surface area (TPSA) is 59.0 Å². The first kappa shape index (κ1) is 22.2. The van der Waals surface area contributed by atoms with E-state index in [1.807, 2.05) is 44.1 Å². The zero-order valence-corrected chi connectivity index (χ0v) is 16.9. The van der Waals surface area contributed by atoms with E-state index >= 15 is 0 Å². The lowest BCUT2D eigenvalue weighted by atomic mass is 10.2. The van der Waals surface area contributed by atoms with Crippen LogP contribution in [0.1, 0.15) is 17.5 Å². The van der Waals surface area contributed by atoms with Gasteiger partial charge in [-0.2, -0.15) is 8.42 Å². The molecule has 0 aromatic heterocycles. The molecule has 2 aromatic rings. The first-order chi connectivity index (χ1) is 11.9. The Morgan fingerprint density at radius 1 is 1.04 bits per heavy atom. The first-order valence-corrected chi connectivity index (χ1v) is 9.57. The minimum Gasteiger partial charge on any atom is -0.477 e. The lowest BCUT2D eigenvalue weighted by Crippen LogP contribution is -2.17. The van der Waals surface area contributed by atoms with Crippen molar-refractivity contribution in [1.29, 1.82) is 0 Å². The number of halogens is 1. The van der Waals surface area contributed by atoms with E-state index in [-0.39, 0.29) is 23.2 Å². The van der Waals surface area contributed by atoms with Gasteiger partial charge in [0.05, 0.1) is 11.5 Å². The summed E-state index contributed by atoms with van der Waals surface area (Å²) in [5.74, 6) is 0.125. The van der Waals surface area contributed by atoms with E-state index in [2.05, 4.69) is 4.40 Å². The summed E-state index contributed by atoms with van der Waals surface area (Å²) in [4.78, 5) is 2.20. The molecular weight excluding hydrogens is 372 g/mol. The summed E-state index contributed by atoms with van der Waals surface area (Å²) in [6.07, 6.45) is 0.781. The molecule has 2 rings (SSSR count). The predicted molar refractivity (Wildman–Crippen MR) is 108 cm³/mol. The van der Waals surface area contributed by atoms with Crippen molar-refractivity contribution in [3.63, 3.8) is 0 Å². The van der Waals surface area contributed by atoms with E-state index in [0.29, 0.717) is 12.2 Å². The van der Waals surface area contributed by atoms with Crippen LogP contribution in [0.2, 0.25) is 0 Å². The van der Waals surface area contributed by atoms with Crippen LogP contribution in [0.25, 0.3) is 0 Å². The number of benzene rings is 2. The summed E-state index contributed by atoms with van der Waals surface area (Å²) in [5, 5.41) is 0. The van der Waals surface area contributed by atoms with Crippen molar-refractivity contribution in [3.05, 3.63) is 65.7 Å². The van der Waals surface area contributed by atoms with E-state index in [1.165, 1.54) is 0 Å². The molecule has 0 aliphatic rings. The Kier molecular flexibility index (Phi) is 8.78. The molecule has 2 aromatic carbocycles. The lowest BCUT2D eigenvalue weighted by molar-refractivity contribution is 0.273. The van der Waals surface area contributed by atoms with E-state index in [4.69, 9.17) is 4.74 Å². The van der Waals surface area contributed by atoms with Crippen molar-refractivity contribution in [3.8, 4) is 0 Å². The van der Waals surface area contributed by atoms with Crippen molar-refractivity contribution < 1.29 is 13.2 Å². The number of rotatable bonds is 7. The predicted octanol–water partition coefficient (Wildman–Crippen LogP) is 3.52. The summed E-state index contributed by atoms with van der Waals surface area (Å²) in [6.45, 7) is 3.16. The molecule has 0 heterocycles. The van der Waals surface area contributed by atoms with E-state index in [9.17, 15) is 8.42 Å². The molecule has 0 saturated heterocycles. The average molecular weight is 397 g/mol. The van der Waals surface area contributed by atoms with Gasteiger partial charge in [-0.25, -0.2) is 0 Å². The second-order valence-corrected chi connectivity index (χ2v) is 7.66. The smallest absolute Gasteiger partial charge is 0.285 e. The van der Waals surface area contributed by atoms with E-state index < -0.39 is 10.0 Å². The summed E-state index contributed by atoms with van der Waals surface area (Å²) in [7, 11) is 0.135. The third-order valence-electron chi connectivity index (χ3n) is 3.53. The molecule has 0 fully saturated rings. The van der Waals surface area contributed by atoms with Gasteiger partial charge >= 0.3 is 0 Å². The second kappa shape index (κ2) is 10.3. The average Bonchev–Trinajstić information content (AvgIpc) is 2.58. The van der Waals surface area contributed by atoms with Gasteiger partial charge in [0.15, 0.2) is 0 Å². The molecule has 0 atom stereocenters. The Morgan fingerprint density at radius 2 is 1.65 bits per heavy atom. The Hall–Kier alpha value is -1.89. The molecule has 7 heteroatoms. The van der Waals surface area contributed by atoms with Crippen LogP contribution in [0.5, 0.6) is 0 Å². The second-order valence-electron chi connectivity index (χ2n) is 6.06. The van der Waals surface area contributed by atoms with Crippen LogP contribution in [0.15, 0.2) is 63.9 Å². The molecule has 0 aliphatic carbocycles. The highest BCUT2D eigenvalue weighted by Crippen LogP contribution is 2.15. The highest BCUT2D eigenvalue weighted by atomic mass is 35.5. The van der Waals surface area contributed by atoms with Gasteiger partial charge in [-0.15, -0.1) is 16.8 Å². The number of hydrogen-bond acceptors (Lipinski definition) is 4. The molecule has 0 bridgehead atoms. The molecule has 142 valence electrons. The monoisotopic (exact) mass is 396 g/mol. The number of ether oxygens (including phenoxy) is 1. The fourth-order valence-corrected chi connectivity index (χ4v) is 3.13. The number of nitrogens with zero attached hydrogens (tertiary/aromatic N) is 2. The molecule has 0 radical (unpaired) electrons. The highest BCUT2D eigenvalue weighted by Gasteiger charge is 2.16. The molecule has 5 nitrogen and oxygen atoms in total. The van der Waals surface area contributed by atoms with Gasteiger partial charge in [0, 0.05) is 12.1 Å². The van der Waals surface area contributed by atoms with Crippen molar-refractivity contribution in [2.45, 2.75) is 18.2 Å². The molecule has 0 amide bonds. The van der Waals surface area contributed by atoms with Crippen molar-refractivity contribution in [2.75, 3.05) is 27.2 Å². The van der Waals surface area contributed by atoms with Gasteiger partial charge < -0.3 is 9.64 Å². The van der Waals surface area contributed by atoms with Crippen LogP contribution >= 0.6 is 12.4 Å². The van der Waals surface area contributed by atoms with Crippen LogP contribution in [-0.4, -0.2) is 46.5 Å². The molecule has 0 aliphatic heterocycles. The van der Waals surface area contributed by atoms with Crippen molar-refractivity contribution in [1.82, 2.24) is 4.90 Å². The van der Waals surface area contributed by atoms with Gasteiger partial charge in [0.1, 0.15) is 0 Å². The maximum Gasteiger partial charge on any atom is 0.285 e. The molecule has 0 spiro atoms. The number of hydrogen-bond donors (Lipinski definition) is 0. The Morgan fingerprint density at radius 3 is 2.23 bits per heavy atom. The molecule has 26 heavy (non-hydrogen) atoms. The maximum absolute atomic E-state index is 12.6. The standard InChI is InChI=1S/C19H24N2O3S.ClH/c1-16-10-12-18(13-11-16)25(22,23)20-19(17-8-5-4-6-9-17)24-15-7-14-21(2)3;/h4-6,8-13H,7,14-15H2,1-3H3;1H. The molecular formula is C19H25ClN2O3S. The Balaban J connectivity index is 0.00000338. The summed E-state index contributed by atoms with van der Waals surface area (Å²) in [6, 6.07) is 15.7. The number of sulfonamides is 1. The van der Waals surface area contributed by atoms with Crippen LogP contribution in [-0.2, 0) is 14.8 Å². The lowest BCUT2D eigenvalue weighted by Gasteiger charge is -2.12. The largest absolute Gasteiger partial charge is 0.477 e. The molecule has 0 N–H and O–H groups in total. The van der Waals surface area contributed by atoms with Gasteiger partial charge in [-0.05, 0) is 51.7 Å². The third-order valence-corrected chi connectivity index (χ3v) is 4.81. The molecule has 0 unspecified atom stereocenters. The van der Waals surface area contributed by atoms with E-state index in [0.717, 1.165) is 18.5 Å². The summed E-state index contributed by atoms with van der Waals surface area (Å²) >= 11 is 0.